The molecule has 1 amide bonds. The lowest BCUT2D eigenvalue weighted by Gasteiger charge is -2.21. The van der Waals surface area contributed by atoms with Crippen molar-refractivity contribution in [3.63, 3.8) is 0 Å². The Morgan fingerprint density at radius 1 is 1.10 bits per heavy atom. The summed E-state index contributed by atoms with van der Waals surface area (Å²) in [5, 5.41) is 3.97. The minimum absolute atomic E-state index is 0.110. The summed E-state index contributed by atoms with van der Waals surface area (Å²) in [6.07, 6.45) is -0.0997. The number of hydrogen-bond acceptors (Lipinski definition) is 6. The molecule has 158 valence electrons. The van der Waals surface area contributed by atoms with Crippen LogP contribution in [0, 0.1) is 13.8 Å². The van der Waals surface area contributed by atoms with Crippen LogP contribution in [0.3, 0.4) is 0 Å². The molecule has 0 bridgehead atoms. The van der Waals surface area contributed by atoms with Gasteiger partial charge in [0.2, 0.25) is 0 Å². The number of aromatic nitrogens is 2. The van der Waals surface area contributed by atoms with E-state index < -0.39 is 6.10 Å². The second-order valence-electron chi connectivity index (χ2n) is 7.30. The zero-order chi connectivity index (χ0) is 21.5. The maximum atomic E-state index is 12.5. The summed E-state index contributed by atoms with van der Waals surface area (Å²) in [6, 6.07) is 15.3. The summed E-state index contributed by atoms with van der Waals surface area (Å²) >= 11 is 0. The summed E-state index contributed by atoms with van der Waals surface area (Å²) < 4.78 is 16.7. The quantitative estimate of drug-likeness (QED) is 0.536. The van der Waals surface area contributed by atoms with Crippen LogP contribution in [0.1, 0.15) is 29.8 Å². The van der Waals surface area contributed by atoms with Crippen molar-refractivity contribution in [1.29, 1.82) is 0 Å². The Morgan fingerprint density at radius 3 is 2.50 bits per heavy atom. The molecule has 1 atom stereocenters. The number of aryl methyl sites for hydroxylation is 2. The molecule has 7 nitrogen and oxygen atoms in total. The minimum Gasteiger partial charge on any atom is -0.484 e. The Morgan fingerprint density at radius 2 is 1.80 bits per heavy atom. The van der Waals surface area contributed by atoms with Crippen LogP contribution in [0.4, 0.5) is 0 Å². The highest BCUT2D eigenvalue weighted by Crippen LogP contribution is 2.17. The van der Waals surface area contributed by atoms with E-state index in [4.69, 9.17) is 14.0 Å². The lowest BCUT2D eigenvalue weighted by molar-refractivity contribution is -0.136. The third kappa shape index (κ3) is 6.07. The molecule has 7 heteroatoms. The second-order valence-corrected chi connectivity index (χ2v) is 7.30. The van der Waals surface area contributed by atoms with Crippen LogP contribution in [0.25, 0.3) is 0 Å². The lowest BCUT2D eigenvalue weighted by Crippen LogP contribution is -2.39. The first-order valence-corrected chi connectivity index (χ1v) is 9.90. The number of nitrogens with zero attached hydrogens (tertiary/aromatic N) is 3. The number of rotatable bonds is 9. The van der Waals surface area contributed by atoms with E-state index >= 15 is 0 Å². The van der Waals surface area contributed by atoms with Gasteiger partial charge in [-0.15, -0.1) is 0 Å². The van der Waals surface area contributed by atoms with E-state index in [-0.39, 0.29) is 12.5 Å². The van der Waals surface area contributed by atoms with Crippen LogP contribution in [-0.2, 0) is 17.8 Å². The van der Waals surface area contributed by atoms with Crippen molar-refractivity contribution in [3.05, 3.63) is 71.4 Å². The van der Waals surface area contributed by atoms with Gasteiger partial charge in [-0.25, -0.2) is 0 Å². The van der Waals surface area contributed by atoms with E-state index in [0.29, 0.717) is 30.4 Å². The van der Waals surface area contributed by atoms with Crippen LogP contribution in [0.5, 0.6) is 11.5 Å². The van der Waals surface area contributed by atoms with Gasteiger partial charge < -0.3 is 18.9 Å². The Bertz CT molecular complexity index is 951. The highest BCUT2D eigenvalue weighted by Gasteiger charge is 2.19. The molecule has 1 heterocycles. The number of ether oxygens (including phenoxy) is 2. The Kier molecular flexibility index (Phi) is 7.06. The van der Waals surface area contributed by atoms with Crippen LogP contribution < -0.4 is 9.47 Å². The van der Waals surface area contributed by atoms with Crippen molar-refractivity contribution in [2.24, 2.45) is 0 Å². The van der Waals surface area contributed by atoms with Crippen molar-refractivity contribution in [2.45, 2.75) is 39.9 Å². The molecule has 0 saturated carbocycles. The van der Waals surface area contributed by atoms with E-state index in [9.17, 15) is 4.79 Å². The second kappa shape index (κ2) is 9.91. The van der Waals surface area contributed by atoms with Crippen molar-refractivity contribution in [1.82, 2.24) is 15.0 Å². The SMILES string of the molecule is Cc1cc(C)cc(OCc2nc(CCN(C)C(=O)[C@@H](C)Oc3ccccc3)no2)c1. The number of carbonyl (C=O) groups is 1. The molecule has 0 aliphatic heterocycles. The van der Waals surface area contributed by atoms with Gasteiger partial charge in [0, 0.05) is 20.0 Å². The van der Waals surface area contributed by atoms with Gasteiger partial charge in [-0.2, -0.15) is 4.98 Å². The highest BCUT2D eigenvalue weighted by molar-refractivity contribution is 5.80. The predicted molar refractivity (Wildman–Crippen MR) is 112 cm³/mol. The average molecular weight is 409 g/mol. The summed E-state index contributed by atoms with van der Waals surface area (Å²) in [5.41, 5.74) is 2.27. The third-order valence-corrected chi connectivity index (χ3v) is 4.52. The molecule has 1 aromatic heterocycles. The summed E-state index contributed by atoms with van der Waals surface area (Å²) in [6.45, 7) is 6.44. The molecule has 0 aliphatic rings. The van der Waals surface area contributed by atoms with Gasteiger partial charge in [0.1, 0.15) is 11.5 Å². The molecule has 0 fully saturated rings. The fourth-order valence-electron chi connectivity index (χ4n) is 3.05. The van der Waals surface area contributed by atoms with Crippen molar-refractivity contribution < 1.29 is 18.8 Å². The molecular formula is C23H27N3O4. The molecule has 0 unspecified atom stereocenters. The normalized spacial score (nSPS) is 11.7. The van der Waals surface area contributed by atoms with Gasteiger partial charge in [-0.3, -0.25) is 4.79 Å². The summed E-state index contributed by atoms with van der Waals surface area (Å²) in [5.74, 6) is 2.26. The summed E-state index contributed by atoms with van der Waals surface area (Å²) in [4.78, 5) is 18.5. The molecule has 3 aromatic rings. The molecule has 0 saturated heterocycles. The van der Waals surface area contributed by atoms with Gasteiger partial charge in [0.25, 0.3) is 11.8 Å². The monoisotopic (exact) mass is 409 g/mol. The Labute approximate surface area is 176 Å². The Hall–Kier alpha value is -3.35. The fraction of sp³-hybridized carbons (Fsp3) is 0.348. The largest absolute Gasteiger partial charge is 0.484 e. The van der Waals surface area contributed by atoms with Crippen LogP contribution in [-0.4, -0.2) is 40.6 Å². The van der Waals surface area contributed by atoms with E-state index in [2.05, 4.69) is 16.2 Å². The fourth-order valence-corrected chi connectivity index (χ4v) is 3.05. The molecule has 3 rings (SSSR count). The van der Waals surface area contributed by atoms with Crippen LogP contribution in [0.2, 0.25) is 0 Å². The van der Waals surface area contributed by atoms with Crippen molar-refractivity contribution >= 4 is 5.91 Å². The topological polar surface area (TPSA) is 77.7 Å². The van der Waals surface area contributed by atoms with E-state index in [1.54, 1.807) is 18.9 Å². The van der Waals surface area contributed by atoms with E-state index in [1.165, 1.54) is 0 Å². The standard InChI is InChI=1S/C23H27N3O4/c1-16-12-17(2)14-20(13-16)28-15-22-24-21(25-30-22)10-11-26(4)23(27)18(3)29-19-8-6-5-7-9-19/h5-9,12-14,18H,10-11,15H2,1-4H3/t18-/m1/s1. The van der Waals surface area contributed by atoms with E-state index in [0.717, 1.165) is 16.9 Å². The van der Waals surface area contributed by atoms with E-state index in [1.807, 2.05) is 56.3 Å². The average Bonchev–Trinajstić information content (AvgIpc) is 3.18. The molecule has 2 aromatic carbocycles. The maximum Gasteiger partial charge on any atom is 0.264 e. The number of benzene rings is 2. The third-order valence-electron chi connectivity index (χ3n) is 4.52. The predicted octanol–water partition coefficient (Wildman–Crippen LogP) is 3.73. The van der Waals surface area contributed by atoms with Crippen LogP contribution >= 0.6 is 0 Å². The smallest absolute Gasteiger partial charge is 0.264 e. The van der Waals surface area contributed by atoms with Gasteiger partial charge in [0.05, 0.1) is 0 Å². The molecule has 0 spiro atoms. The van der Waals surface area contributed by atoms with Gasteiger partial charge in [0.15, 0.2) is 18.5 Å². The Balaban J connectivity index is 1.46. The molecular weight excluding hydrogens is 382 g/mol. The molecule has 30 heavy (non-hydrogen) atoms. The minimum atomic E-state index is -0.579. The zero-order valence-electron chi connectivity index (χ0n) is 17.8. The zero-order valence-corrected chi connectivity index (χ0v) is 17.8. The highest BCUT2D eigenvalue weighted by atomic mass is 16.5. The lowest BCUT2D eigenvalue weighted by atomic mass is 10.1. The molecule has 0 N–H and O–H groups in total. The first-order chi connectivity index (χ1) is 14.4. The van der Waals surface area contributed by atoms with Gasteiger partial charge in [-0.1, -0.05) is 29.4 Å². The maximum absolute atomic E-state index is 12.5. The number of carbonyl (C=O) groups excluding carboxylic acids is 1. The number of likely N-dealkylation sites (N-methyl/N-ethyl adjacent to an activating group) is 1. The van der Waals surface area contributed by atoms with Crippen molar-refractivity contribution in [2.75, 3.05) is 13.6 Å². The summed E-state index contributed by atoms with van der Waals surface area (Å²) in [7, 11) is 1.73. The molecule has 0 radical (unpaired) electrons. The number of amides is 1. The van der Waals surface area contributed by atoms with Gasteiger partial charge >= 0.3 is 0 Å². The number of hydrogen-bond donors (Lipinski definition) is 0. The number of para-hydroxylation sites is 1. The molecule has 0 aliphatic carbocycles. The van der Waals surface area contributed by atoms with Gasteiger partial charge in [-0.05, 0) is 56.2 Å². The van der Waals surface area contributed by atoms with Crippen LogP contribution in [0.15, 0.2) is 53.1 Å². The first kappa shape index (κ1) is 21.4. The van der Waals surface area contributed by atoms with Crippen molar-refractivity contribution in [3.8, 4) is 11.5 Å². The first-order valence-electron chi connectivity index (χ1n) is 9.90.